The topological polar surface area (TPSA) is 20.3 Å². The van der Waals surface area contributed by atoms with Crippen LogP contribution in [0.4, 0.5) is 10.1 Å². The average Bonchev–Trinajstić information content (AvgIpc) is 2.59. The minimum Gasteiger partial charge on any atom is -0.307 e. The van der Waals surface area contributed by atoms with Crippen LogP contribution in [0.3, 0.4) is 0 Å². The summed E-state index contributed by atoms with van der Waals surface area (Å²) < 4.78 is 13.8. The van der Waals surface area contributed by atoms with Crippen LogP contribution in [0.5, 0.6) is 0 Å². The highest BCUT2D eigenvalue weighted by Gasteiger charge is 2.32. The lowest BCUT2D eigenvalue weighted by Gasteiger charge is -2.18. The predicted molar refractivity (Wildman–Crippen MR) is 65.7 cm³/mol. The lowest BCUT2D eigenvalue weighted by Crippen LogP contribution is -2.25. The monoisotopic (exact) mass is 271 g/mol. The Hall–Kier alpha value is -1.24. The van der Waals surface area contributed by atoms with Crippen molar-refractivity contribution in [2.75, 3.05) is 11.4 Å². The highest BCUT2D eigenvalue weighted by molar-refractivity contribution is 6.36. The first-order chi connectivity index (χ1) is 8.02. The molecule has 1 fully saturated rings. The third-order valence-corrected chi connectivity index (χ3v) is 3.12. The SMILES string of the molecule is C#CC1CC(=O)N(c2c(F)cc(Cl)cc2Cl)C1. The Balaban J connectivity index is 2.42. The molecule has 1 aliphatic heterocycles. The second-order valence-electron chi connectivity index (χ2n) is 3.79. The van der Waals surface area contributed by atoms with E-state index < -0.39 is 5.82 Å². The molecule has 17 heavy (non-hydrogen) atoms. The van der Waals surface area contributed by atoms with Gasteiger partial charge >= 0.3 is 0 Å². The number of anilines is 1. The molecule has 0 spiro atoms. The maximum atomic E-state index is 13.8. The van der Waals surface area contributed by atoms with Gasteiger partial charge in [0.2, 0.25) is 5.91 Å². The number of terminal acetylenes is 1. The van der Waals surface area contributed by atoms with E-state index in [0.717, 1.165) is 6.07 Å². The summed E-state index contributed by atoms with van der Waals surface area (Å²) in [5.74, 6) is 1.45. The maximum absolute atomic E-state index is 13.8. The highest BCUT2D eigenvalue weighted by Crippen LogP contribution is 2.35. The molecule has 0 aliphatic carbocycles. The van der Waals surface area contributed by atoms with Crippen LogP contribution in [0.15, 0.2) is 12.1 Å². The summed E-state index contributed by atoms with van der Waals surface area (Å²) in [5.41, 5.74) is 0.0545. The lowest BCUT2D eigenvalue weighted by atomic mass is 10.1. The Morgan fingerprint density at radius 2 is 2.18 bits per heavy atom. The van der Waals surface area contributed by atoms with Gasteiger partial charge in [-0.2, -0.15) is 0 Å². The molecule has 0 N–H and O–H groups in total. The molecule has 1 saturated heterocycles. The van der Waals surface area contributed by atoms with Crippen LogP contribution in [0, 0.1) is 24.1 Å². The van der Waals surface area contributed by atoms with Crippen LogP contribution in [-0.2, 0) is 4.79 Å². The summed E-state index contributed by atoms with van der Waals surface area (Å²) in [5, 5.41) is 0.303. The fraction of sp³-hybridized carbons (Fsp3) is 0.250. The second-order valence-corrected chi connectivity index (χ2v) is 4.63. The van der Waals surface area contributed by atoms with Crippen LogP contribution in [0.1, 0.15) is 6.42 Å². The highest BCUT2D eigenvalue weighted by atomic mass is 35.5. The molecule has 1 atom stereocenters. The van der Waals surface area contributed by atoms with Crippen molar-refractivity contribution in [3.63, 3.8) is 0 Å². The van der Waals surface area contributed by atoms with Gasteiger partial charge in [-0.05, 0) is 12.1 Å². The number of carbonyl (C=O) groups excluding carboxylic acids is 1. The third-order valence-electron chi connectivity index (χ3n) is 2.61. The molecule has 1 unspecified atom stereocenters. The van der Waals surface area contributed by atoms with Crippen molar-refractivity contribution in [3.8, 4) is 12.3 Å². The van der Waals surface area contributed by atoms with Crippen molar-refractivity contribution < 1.29 is 9.18 Å². The molecule has 1 heterocycles. The van der Waals surface area contributed by atoms with Crippen LogP contribution in [-0.4, -0.2) is 12.5 Å². The molecule has 0 bridgehead atoms. The van der Waals surface area contributed by atoms with E-state index in [4.69, 9.17) is 29.6 Å². The van der Waals surface area contributed by atoms with E-state index in [1.165, 1.54) is 11.0 Å². The summed E-state index contributed by atoms with van der Waals surface area (Å²) in [6.45, 7) is 0.285. The quantitative estimate of drug-likeness (QED) is 0.719. The van der Waals surface area contributed by atoms with Crippen molar-refractivity contribution in [1.29, 1.82) is 0 Å². The van der Waals surface area contributed by atoms with Gasteiger partial charge in [-0.25, -0.2) is 4.39 Å². The van der Waals surface area contributed by atoms with Gasteiger partial charge in [0.15, 0.2) is 0 Å². The average molecular weight is 272 g/mol. The van der Waals surface area contributed by atoms with E-state index in [1.807, 2.05) is 0 Å². The summed E-state index contributed by atoms with van der Waals surface area (Å²) in [6, 6.07) is 2.53. The zero-order valence-corrected chi connectivity index (χ0v) is 10.2. The molecule has 2 rings (SSSR count). The van der Waals surface area contributed by atoms with Gasteiger partial charge in [0.05, 0.1) is 10.7 Å². The van der Waals surface area contributed by atoms with Gasteiger partial charge in [0.1, 0.15) is 5.82 Å². The van der Waals surface area contributed by atoms with Crippen molar-refractivity contribution in [1.82, 2.24) is 0 Å². The molecule has 1 aliphatic rings. The molecule has 88 valence electrons. The number of carbonyl (C=O) groups is 1. The molecule has 0 saturated carbocycles. The van der Waals surface area contributed by atoms with Crippen molar-refractivity contribution >= 4 is 34.8 Å². The zero-order chi connectivity index (χ0) is 12.6. The van der Waals surface area contributed by atoms with Gasteiger partial charge in [-0.15, -0.1) is 12.3 Å². The summed E-state index contributed by atoms with van der Waals surface area (Å²) in [6.07, 6.45) is 5.48. The standard InChI is InChI=1S/C12H8Cl2FNO/c1-2-7-3-11(17)16(6-7)12-9(14)4-8(13)5-10(12)15/h1,4-5,7H,3,6H2. The van der Waals surface area contributed by atoms with Crippen molar-refractivity contribution in [2.24, 2.45) is 5.92 Å². The summed E-state index contributed by atoms with van der Waals surface area (Å²) >= 11 is 11.6. The molecule has 2 nitrogen and oxygen atoms in total. The first-order valence-electron chi connectivity index (χ1n) is 4.94. The number of benzene rings is 1. The second kappa shape index (κ2) is 4.56. The van der Waals surface area contributed by atoms with Crippen LogP contribution in [0.25, 0.3) is 0 Å². The Kier molecular flexibility index (Phi) is 3.28. The smallest absolute Gasteiger partial charge is 0.228 e. The van der Waals surface area contributed by atoms with Crippen LogP contribution in [0.2, 0.25) is 10.0 Å². The largest absolute Gasteiger partial charge is 0.307 e. The molecular weight excluding hydrogens is 264 g/mol. The van der Waals surface area contributed by atoms with Gasteiger partial charge in [-0.3, -0.25) is 4.79 Å². The van der Waals surface area contributed by atoms with Gasteiger partial charge in [-0.1, -0.05) is 23.2 Å². The normalized spacial score (nSPS) is 19.5. The molecule has 1 aromatic rings. The van der Waals surface area contributed by atoms with E-state index in [1.54, 1.807) is 0 Å². The fourth-order valence-electron chi connectivity index (χ4n) is 1.83. The first-order valence-corrected chi connectivity index (χ1v) is 5.69. The Morgan fingerprint density at radius 3 is 2.71 bits per heavy atom. The van der Waals surface area contributed by atoms with Crippen LogP contribution < -0.4 is 4.90 Å². The number of rotatable bonds is 1. The number of amides is 1. The van der Waals surface area contributed by atoms with Crippen molar-refractivity contribution in [2.45, 2.75) is 6.42 Å². The van der Waals surface area contributed by atoms with E-state index in [9.17, 15) is 9.18 Å². The predicted octanol–water partition coefficient (Wildman–Crippen LogP) is 3.12. The molecule has 0 aromatic heterocycles. The Bertz CT molecular complexity index is 501. The van der Waals surface area contributed by atoms with E-state index in [-0.39, 0.29) is 40.5 Å². The van der Waals surface area contributed by atoms with Gasteiger partial charge < -0.3 is 4.90 Å². The minimum atomic E-state index is -0.617. The molecule has 5 heteroatoms. The third kappa shape index (κ3) is 2.24. The Morgan fingerprint density at radius 1 is 1.47 bits per heavy atom. The minimum absolute atomic E-state index is 0.0545. The number of halogens is 3. The molecule has 1 amide bonds. The van der Waals surface area contributed by atoms with E-state index >= 15 is 0 Å². The van der Waals surface area contributed by atoms with Gasteiger partial charge in [0.25, 0.3) is 0 Å². The number of hydrogen-bond donors (Lipinski definition) is 0. The first kappa shape index (κ1) is 12.2. The van der Waals surface area contributed by atoms with E-state index in [2.05, 4.69) is 5.92 Å². The Labute approximate surface area is 108 Å². The van der Waals surface area contributed by atoms with E-state index in [0.29, 0.717) is 0 Å². The number of nitrogens with zero attached hydrogens (tertiary/aromatic N) is 1. The summed E-state index contributed by atoms with van der Waals surface area (Å²) in [4.78, 5) is 13.0. The van der Waals surface area contributed by atoms with Gasteiger partial charge in [0, 0.05) is 23.9 Å². The summed E-state index contributed by atoms with van der Waals surface area (Å²) in [7, 11) is 0. The molecule has 1 aromatic carbocycles. The zero-order valence-electron chi connectivity index (χ0n) is 8.71. The lowest BCUT2D eigenvalue weighted by molar-refractivity contribution is -0.117. The van der Waals surface area contributed by atoms with Crippen LogP contribution >= 0.6 is 23.2 Å². The molecule has 0 radical (unpaired) electrons. The number of hydrogen-bond acceptors (Lipinski definition) is 1. The van der Waals surface area contributed by atoms with Crippen molar-refractivity contribution in [3.05, 3.63) is 28.0 Å². The molecular formula is C12H8Cl2FNO. The fourth-order valence-corrected chi connectivity index (χ4v) is 2.40. The maximum Gasteiger partial charge on any atom is 0.228 e.